The van der Waals surface area contributed by atoms with Crippen LogP contribution in [0.25, 0.3) is 0 Å². The van der Waals surface area contributed by atoms with Crippen LogP contribution in [-0.2, 0) is 11.3 Å². The van der Waals surface area contributed by atoms with Crippen LogP contribution in [0.5, 0.6) is 0 Å². The maximum absolute atomic E-state index is 11.4. The van der Waals surface area contributed by atoms with Crippen molar-refractivity contribution in [1.29, 1.82) is 0 Å². The Labute approximate surface area is 146 Å². The number of halogens is 1. The van der Waals surface area contributed by atoms with Crippen molar-refractivity contribution in [2.24, 2.45) is 0 Å². The van der Waals surface area contributed by atoms with Crippen LogP contribution < -0.4 is 15.5 Å². The molecule has 0 aliphatic rings. The van der Waals surface area contributed by atoms with E-state index < -0.39 is 6.09 Å². The molecule has 24 heavy (non-hydrogen) atoms. The molecule has 0 bridgehead atoms. The molecule has 0 aliphatic carbocycles. The van der Waals surface area contributed by atoms with Crippen molar-refractivity contribution >= 4 is 35.2 Å². The number of anilines is 3. The Morgan fingerprint density at radius 3 is 2.71 bits per heavy atom. The van der Waals surface area contributed by atoms with Gasteiger partial charge >= 0.3 is 6.09 Å². The highest BCUT2D eigenvalue weighted by Crippen LogP contribution is 2.24. The first-order valence-corrected chi connectivity index (χ1v) is 7.94. The summed E-state index contributed by atoms with van der Waals surface area (Å²) in [5.41, 5.74) is 9.73. The summed E-state index contributed by atoms with van der Waals surface area (Å²) in [6.07, 6.45) is -0.572. The molecule has 0 saturated carbocycles. The molecule has 2 aromatic rings. The van der Waals surface area contributed by atoms with E-state index in [4.69, 9.17) is 22.2 Å². The van der Waals surface area contributed by atoms with Gasteiger partial charge in [-0.15, -0.1) is 0 Å². The predicted molar refractivity (Wildman–Crippen MR) is 97.2 cm³/mol. The number of hydrogen-bond donors (Lipinski definition) is 2. The van der Waals surface area contributed by atoms with E-state index in [1.807, 2.05) is 26.0 Å². The van der Waals surface area contributed by atoms with Gasteiger partial charge in [0.1, 0.15) is 11.6 Å². The van der Waals surface area contributed by atoms with Crippen molar-refractivity contribution in [3.05, 3.63) is 47.0 Å². The molecule has 128 valence electrons. The summed E-state index contributed by atoms with van der Waals surface area (Å²) in [6, 6.07) is 9.52. The Balaban J connectivity index is 2.11. The van der Waals surface area contributed by atoms with Crippen molar-refractivity contribution in [1.82, 2.24) is 4.98 Å². The number of benzene rings is 1. The smallest absolute Gasteiger partial charge is 0.411 e. The lowest BCUT2D eigenvalue weighted by molar-refractivity contribution is 0.168. The lowest BCUT2D eigenvalue weighted by atomic mass is 10.1. The molecule has 1 aromatic carbocycles. The molecular weight excluding hydrogens is 328 g/mol. The molecule has 0 unspecified atom stereocenters. The SMILES string of the molecule is CCOC(=O)Nc1ccc(N(Cl)Cc2ccc(C)cc2C)nc1N. The van der Waals surface area contributed by atoms with E-state index in [-0.39, 0.29) is 12.4 Å². The number of rotatable bonds is 5. The van der Waals surface area contributed by atoms with E-state index in [9.17, 15) is 4.79 Å². The standard InChI is InChI=1S/C17H21ClN4O2/c1-4-24-17(23)20-14-7-8-15(21-16(14)19)22(18)10-13-6-5-11(2)9-12(13)3/h5-9H,4,10H2,1-3H3,(H2,19,21)(H,20,23). The largest absolute Gasteiger partial charge is 0.450 e. The summed E-state index contributed by atoms with van der Waals surface area (Å²) >= 11 is 6.34. The number of hydrogen-bond acceptors (Lipinski definition) is 5. The Morgan fingerprint density at radius 2 is 2.08 bits per heavy atom. The fourth-order valence-electron chi connectivity index (χ4n) is 2.24. The summed E-state index contributed by atoms with van der Waals surface area (Å²) < 4.78 is 6.30. The molecule has 0 fully saturated rings. The summed E-state index contributed by atoms with van der Waals surface area (Å²) in [7, 11) is 0. The zero-order valence-electron chi connectivity index (χ0n) is 14.0. The van der Waals surface area contributed by atoms with Crippen LogP contribution in [0.2, 0.25) is 0 Å². The third kappa shape index (κ3) is 4.52. The first kappa shape index (κ1) is 17.9. The first-order valence-electron chi connectivity index (χ1n) is 7.60. The number of aryl methyl sites for hydroxylation is 2. The molecule has 0 spiro atoms. The van der Waals surface area contributed by atoms with E-state index in [1.54, 1.807) is 19.1 Å². The van der Waals surface area contributed by atoms with Gasteiger partial charge in [0, 0.05) is 11.8 Å². The zero-order valence-corrected chi connectivity index (χ0v) is 14.7. The number of amides is 1. The van der Waals surface area contributed by atoms with Gasteiger partial charge in [-0.3, -0.25) is 9.74 Å². The second-order valence-electron chi connectivity index (χ2n) is 5.40. The second-order valence-corrected chi connectivity index (χ2v) is 5.81. The Bertz CT molecular complexity index is 737. The van der Waals surface area contributed by atoms with Crippen LogP contribution >= 0.6 is 11.8 Å². The number of carbonyl (C=O) groups excluding carboxylic acids is 1. The summed E-state index contributed by atoms with van der Waals surface area (Å²) in [5, 5.41) is 2.53. The Hall–Kier alpha value is -2.47. The number of nitrogens with two attached hydrogens (primary N) is 1. The van der Waals surface area contributed by atoms with Crippen molar-refractivity contribution in [2.75, 3.05) is 22.1 Å². The fraction of sp³-hybridized carbons (Fsp3) is 0.294. The number of nitrogens with zero attached hydrogens (tertiary/aromatic N) is 2. The number of aromatic nitrogens is 1. The van der Waals surface area contributed by atoms with Crippen molar-refractivity contribution in [3.8, 4) is 0 Å². The van der Waals surface area contributed by atoms with Gasteiger partial charge in [0.25, 0.3) is 0 Å². The van der Waals surface area contributed by atoms with E-state index in [0.29, 0.717) is 18.1 Å². The number of pyridine rings is 1. The molecule has 1 aromatic heterocycles. The average Bonchev–Trinajstić information content (AvgIpc) is 2.52. The van der Waals surface area contributed by atoms with Gasteiger partial charge in [0.15, 0.2) is 0 Å². The number of nitrogen functional groups attached to an aromatic ring is 1. The minimum absolute atomic E-state index is 0.173. The Morgan fingerprint density at radius 1 is 1.33 bits per heavy atom. The Kier molecular flexibility index (Phi) is 5.87. The molecular formula is C17H21ClN4O2. The number of ether oxygens (including phenoxy) is 1. The molecule has 0 aliphatic heterocycles. The minimum atomic E-state index is -0.572. The van der Waals surface area contributed by atoms with Crippen molar-refractivity contribution in [3.63, 3.8) is 0 Å². The lowest BCUT2D eigenvalue weighted by Gasteiger charge is -2.18. The van der Waals surface area contributed by atoms with Crippen LogP contribution in [0, 0.1) is 13.8 Å². The molecule has 1 heterocycles. The van der Waals surface area contributed by atoms with Gasteiger partial charge in [0.05, 0.1) is 18.8 Å². The van der Waals surface area contributed by atoms with Gasteiger partial charge in [-0.2, -0.15) is 0 Å². The van der Waals surface area contributed by atoms with Crippen molar-refractivity contribution < 1.29 is 9.53 Å². The van der Waals surface area contributed by atoms with Crippen LogP contribution in [0.15, 0.2) is 30.3 Å². The van der Waals surface area contributed by atoms with Crippen LogP contribution in [0.4, 0.5) is 22.1 Å². The zero-order chi connectivity index (χ0) is 17.7. The van der Waals surface area contributed by atoms with Crippen LogP contribution in [0.1, 0.15) is 23.6 Å². The van der Waals surface area contributed by atoms with Gasteiger partial charge in [-0.25, -0.2) is 9.78 Å². The van der Waals surface area contributed by atoms with E-state index in [0.717, 1.165) is 11.1 Å². The van der Waals surface area contributed by atoms with Gasteiger partial charge < -0.3 is 10.5 Å². The maximum Gasteiger partial charge on any atom is 0.411 e. The van der Waals surface area contributed by atoms with E-state index in [1.165, 1.54) is 9.98 Å². The lowest BCUT2D eigenvalue weighted by Crippen LogP contribution is -2.16. The van der Waals surface area contributed by atoms with Crippen LogP contribution in [0.3, 0.4) is 0 Å². The molecule has 7 heteroatoms. The number of nitrogens with one attached hydrogen (secondary N) is 1. The maximum atomic E-state index is 11.4. The monoisotopic (exact) mass is 348 g/mol. The average molecular weight is 349 g/mol. The van der Waals surface area contributed by atoms with Gasteiger partial charge in [0.2, 0.25) is 0 Å². The number of carbonyl (C=O) groups is 1. The quantitative estimate of drug-likeness (QED) is 0.798. The molecule has 3 N–H and O–H groups in total. The molecule has 0 radical (unpaired) electrons. The summed E-state index contributed by atoms with van der Waals surface area (Å²) in [4.78, 5) is 15.7. The third-order valence-electron chi connectivity index (χ3n) is 3.48. The first-order chi connectivity index (χ1) is 11.4. The highest BCUT2D eigenvalue weighted by atomic mass is 35.5. The van der Waals surface area contributed by atoms with E-state index in [2.05, 4.69) is 16.4 Å². The molecule has 0 saturated heterocycles. The molecule has 0 atom stereocenters. The van der Waals surface area contributed by atoms with E-state index >= 15 is 0 Å². The topological polar surface area (TPSA) is 80.5 Å². The minimum Gasteiger partial charge on any atom is -0.450 e. The highest BCUT2D eigenvalue weighted by Gasteiger charge is 2.12. The molecule has 1 amide bonds. The summed E-state index contributed by atoms with van der Waals surface area (Å²) in [6.45, 7) is 6.59. The predicted octanol–water partition coefficient (Wildman–Crippen LogP) is 4.01. The fourth-order valence-corrected chi connectivity index (χ4v) is 2.46. The molecule has 2 rings (SSSR count). The second kappa shape index (κ2) is 7.88. The van der Waals surface area contributed by atoms with Crippen LogP contribution in [-0.4, -0.2) is 17.7 Å². The van der Waals surface area contributed by atoms with Gasteiger partial charge in [-0.1, -0.05) is 23.8 Å². The molecule has 6 nitrogen and oxygen atoms in total. The summed E-state index contributed by atoms with van der Waals surface area (Å²) in [5.74, 6) is 0.676. The third-order valence-corrected chi connectivity index (χ3v) is 3.77. The van der Waals surface area contributed by atoms with Gasteiger partial charge in [-0.05, 0) is 44.0 Å². The highest BCUT2D eigenvalue weighted by molar-refractivity contribution is 6.25. The normalized spacial score (nSPS) is 10.3. The van der Waals surface area contributed by atoms with Crippen molar-refractivity contribution in [2.45, 2.75) is 27.3 Å².